The molecule has 2 N–H and O–H groups in total. The Morgan fingerprint density at radius 3 is 2.95 bits per heavy atom. The molecule has 0 spiro atoms. The second-order valence-electron chi connectivity index (χ2n) is 4.54. The standard InChI is InChI=1S/C14H16N2O3S/c1-10-6-12(20-9-10)14(19)15-7-11(17)8-16-5-3-2-4-13(16)18/h2-6,9,11,17H,7-8H2,1H3,(H,15,19). The van der Waals surface area contributed by atoms with Gasteiger partial charge in [0.05, 0.1) is 17.5 Å². The van der Waals surface area contributed by atoms with Crippen molar-refractivity contribution >= 4 is 17.2 Å². The molecule has 0 bridgehead atoms. The van der Waals surface area contributed by atoms with Gasteiger partial charge >= 0.3 is 0 Å². The highest BCUT2D eigenvalue weighted by Gasteiger charge is 2.11. The zero-order chi connectivity index (χ0) is 14.5. The van der Waals surface area contributed by atoms with Crippen molar-refractivity contribution in [1.82, 2.24) is 9.88 Å². The highest BCUT2D eigenvalue weighted by molar-refractivity contribution is 7.12. The van der Waals surface area contributed by atoms with E-state index in [0.717, 1.165) is 5.56 Å². The quantitative estimate of drug-likeness (QED) is 0.864. The molecular weight excluding hydrogens is 276 g/mol. The van der Waals surface area contributed by atoms with Crippen LogP contribution in [0.2, 0.25) is 0 Å². The van der Waals surface area contributed by atoms with E-state index in [0.29, 0.717) is 4.88 Å². The molecule has 1 unspecified atom stereocenters. The summed E-state index contributed by atoms with van der Waals surface area (Å²) in [6, 6.07) is 6.60. The first-order valence-corrected chi connectivity index (χ1v) is 7.11. The third-order valence-electron chi connectivity index (χ3n) is 2.76. The fraction of sp³-hybridized carbons (Fsp3) is 0.286. The van der Waals surface area contributed by atoms with Crippen LogP contribution in [0.4, 0.5) is 0 Å². The molecule has 5 nitrogen and oxygen atoms in total. The number of nitrogens with one attached hydrogen (secondary N) is 1. The Hall–Kier alpha value is -1.92. The van der Waals surface area contributed by atoms with Gasteiger partial charge in [-0.2, -0.15) is 0 Å². The Bertz CT molecular complexity index is 648. The number of aliphatic hydroxyl groups excluding tert-OH is 1. The molecule has 0 aliphatic rings. The maximum absolute atomic E-state index is 11.8. The molecule has 20 heavy (non-hydrogen) atoms. The van der Waals surface area contributed by atoms with Crippen molar-refractivity contribution < 1.29 is 9.90 Å². The number of hydrogen-bond donors (Lipinski definition) is 2. The van der Waals surface area contributed by atoms with Crippen LogP contribution in [0.25, 0.3) is 0 Å². The van der Waals surface area contributed by atoms with Crippen LogP contribution in [0.15, 0.2) is 40.6 Å². The minimum Gasteiger partial charge on any atom is -0.389 e. The van der Waals surface area contributed by atoms with E-state index in [-0.39, 0.29) is 24.6 Å². The number of thiophene rings is 1. The fourth-order valence-corrected chi connectivity index (χ4v) is 2.57. The SMILES string of the molecule is Cc1csc(C(=O)NCC(O)Cn2ccccc2=O)c1. The lowest BCUT2D eigenvalue weighted by molar-refractivity contribution is 0.0907. The molecule has 0 saturated carbocycles. The van der Waals surface area contributed by atoms with Crippen LogP contribution in [-0.2, 0) is 6.54 Å². The van der Waals surface area contributed by atoms with Crippen molar-refractivity contribution in [1.29, 1.82) is 0 Å². The summed E-state index contributed by atoms with van der Waals surface area (Å²) in [5.74, 6) is -0.206. The summed E-state index contributed by atoms with van der Waals surface area (Å²) >= 11 is 1.37. The van der Waals surface area contributed by atoms with E-state index in [2.05, 4.69) is 5.32 Å². The second-order valence-corrected chi connectivity index (χ2v) is 5.45. The number of aliphatic hydroxyl groups is 1. The van der Waals surface area contributed by atoms with Crippen molar-refractivity contribution in [3.63, 3.8) is 0 Å². The van der Waals surface area contributed by atoms with Crippen LogP contribution in [0.5, 0.6) is 0 Å². The van der Waals surface area contributed by atoms with Crippen LogP contribution in [0.3, 0.4) is 0 Å². The molecule has 0 aliphatic heterocycles. The summed E-state index contributed by atoms with van der Waals surface area (Å²) in [5.41, 5.74) is 0.864. The number of aryl methyl sites for hydroxylation is 1. The summed E-state index contributed by atoms with van der Waals surface area (Å²) in [6.07, 6.45) is 0.802. The lowest BCUT2D eigenvalue weighted by Crippen LogP contribution is -2.36. The molecule has 6 heteroatoms. The largest absolute Gasteiger partial charge is 0.389 e. The van der Waals surface area contributed by atoms with Gasteiger partial charge < -0.3 is 15.0 Å². The van der Waals surface area contributed by atoms with E-state index >= 15 is 0 Å². The van der Waals surface area contributed by atoms with Gasteiger partial charge in [-0.1, -0.05) is 6.07 Å². The van der Waals surface area contributed by atoms with Gasteiger partial charge in [0.15, 0.2) is 0 Å². The lowest BCUT2D eigenvalue weighted by atomic mass is 10.3. The topological polar surface area (TPSA) is 71.3 Å². The van der Waals surface area contributed by atoms with Crippen LogP contribution in [-0.4, -0.2) is 28.2 Å². The predicted octanol–water partition coefficient (Wildman–Crippen LogP) is 1.01. The second kappa shape index (κ2) is 6.49. The predicted molar refractivity (Wildman–Crippen MR) is 78.1 cm³/mol. The van der Waals surface area contributed by atoms with Gasteiger partial charge in [0.2, 0.25) is 0 Å². The average molecular weight is 292 g/mol. The Kier molecular flexibility index (Phi) is 4.70. The van der Waals surface area contributed by atoms with E-state index in [4.69, 9.17) is 0 Å². The van der Waals surface area contributed by atoms with Crippen molar-refractivity contribution in [3.8, 4) is 0 Å². The fourth-order valence-electron chi connectivity index (χ4n) is 1.75. The third kappa shape index (κ3) is 3.79. The molecule has 1 atom stereocenters. The summed E-state index contributed by atoms with van der Waals surface area (Å²) in [6.45, 7) is 2.19. The van der Waals surface area contributed by atoms with Crippen LogP contribution in [0, 0.1) is 6.92 Å². The van der Waals surface area contributed by atoms with E-state index < -0.39 is 6.10 Å². The molecule has 2 aromatic heterocycles. The lowest BCUT2D eigenvalue weighted by Gasteiger charge is -2.13. The molecule has 2 aromatic rings. The molecule has 0 saturated heterocycles. The Balaban J connectivity index is 1.86. The molecule has 0 aliphatic carbocycles. The average Bonchev–Trinajstić information content (AvgIpc) is 2.85. The Morgan fingerprint density at radius 2 is 2.30 bits per heavy atom. The van der Waals surface area contributed by atoms with E-state index in [1.54, 1.807) is 24.4 Å². The first kappa shape index (κ1) is 14.5. The first-order valence-electron chi connectivity index (χ1n) is 6.23. The molecule has 0 aromatic carbocycles. The maximum atomic E-state index is 11.8. The van der Waals surface area contributed by atoms with Crippen LogP contribution in [0.1, 0.15) is 15.2 Å². The molecule has 106 valence electrons. The van der Waals surface area contributed by atoms with Gasteiger partial charge in [-0.05, 0) is 30.0 Å². The van der Waals surface area contributed by atoms with Gasteiger partial charge in [-0.15, -0.1) is 11.3 Å². The molecule has 2 rings (SSSR count). The molecule has 2 heterocycles. The van der Waals surface area contributed by atoms with E-state index in [1.807, 2.05) is 12.3 Å². The van der Waals surface area contributed by atoms with E-state index in [1.165, 1.54) is 22.0 Å². The number of carbonyl (C=O) groups is 1. The van der Waals surface area contributed by atoms with Gasteiger partial charge in [-0.25, -0.2) is 0 Å². The molecular formula is C14H16N2O3S. The first-order chi connectivity index (χ1) is 9.56. The number of carbonyl (C=O) groups excluding carboxylic acids is 1. The summed E-state index contributed by atoms with van der Waals surface area (Å²) in [4.78, 5) is 23.9. The summed E-state index contributed by atoms with van der Waals surface area (Å²) < 4.78 is 1.41. The highest BCUT2D eigenvalue weighted by Crippen LogP contribution is 2.13. The molecule has 1 amide bonds. The third-order valence-corrected chi connectivity index (χ3v) is 3.81. The summed E-state index contributed by atoms with van der Waals surface area (Å²) in [7, 11) is 0. The smallest absolute Gasteiger partial charge is 0.261 e. The zero-order valence-corrected chi connectivity index (χ0v) is 11.9. The van der Waals surface area contributed by atoms with Crippen molar-refractivity contribution in [2.24, 2.45) is 0 Å². The number of hydrogen-bond acceptors (Lipinski definition) is 4. The molecule has 0 fully saturated rings. The normalized spacial score (nSPS) is 12.1. The van der Waals surface area contributed by atoms with Gasteiger partial charge in [0.1, 0.15) is 0 Å². The number of nitrogens with zero attached hydrogens (tertiary/aromatic N) is 1. The summed E-state index contributed by atoms with van der Waals surface area (Å²) in [5, 5.41) is 14.4. The number of amides is 1. The van der Waals surface area contributed by atoms with Crippen LogP contribution >= 0.6 is 11.3 Å². The van der Waals surface area contributed by atoms with Crippen molar-refractivity contribution in [2.45, 2.75) is 19.6 Å². The minimum absolute atomic E-state index is 0.108. The van der Waals surface area contributed by atoms with Crippen molar-refractivity contribution in [3.05, 3.63) is 56.6 Å². The zero-order valence-electron chi connectivity index (χ0n) is 11.1. The maximum Gasteiger partial charge on any atom is 0.261 e. The van der Waals surface area contributed by atoms with Crippen LogP contribution < -0.4 is 10.9 Å². The van der Waals surface area contributed by atoms with Gasteiger partial charge in [0.25, 0.3) is 11.5 Å². The van der Waals surface area contributed by atoms with Crippen molar-refractivity contribution in [2.75, 3.05) is 6.54 Å². The van der Waals surface area contributed by atoms with E-state index in [9.17, 15) is 14.7 Å². The number of pyridine rings is 1. The monoisotopic (exact) mass is 292 g/mol. The highest BCUT2D eigenvalue weighted by atomic mass is 32.1. The minimum atomic E-state index is -0.805. The Morgan fingerprint density at radius 1 is 1.50 bits per heavy atom. The Labute approximate surface area is 120 Å². The van der Waals surface area contributed by atoms with Gasteiger partial charge in [0, 0.05) is 18.8 Å². The van der Waals surface area contributed by atoms with Gasteiger partial charge in [-0.3, -0.25) is 9.59 Å². The number of aromatic nitrogens is 1. The molecule has 0 radical (unpaired) electrons. The number of rotatable bonds is 5.